The van der Waals surface area contributed by atoms with Crippen LogP contribution < -0.4 is 21.2 Å². The topological polar surface area (TPSA) is 97.2 Å². The van der Waals surface area contributed by atoms with Crippen LogP contribution >= 0.6 is 0 Å². The van der Waals surface area contributed by atoms with E-state index in [9.17, 15) is 9.59 Å². The van der Waals surface area contributed by atoms with E-state index in [-0.39, 0.29) is 17.2 Å². The van der Waals surface area contributed by atoms with Crippen molar-refractivity contribution in [1.29, 1.82) is 0 Å². The Balaban J connectivity index is 1.62. The number of H-pyrrole nitrogens is 1. The first-order valence-electron chi connectivity index (χ1n) is 8.94. The maximum absolute atomic E-state index is 11.7. The van der Waals surface area contributed by atoms with Gasteiger partial charge in [0.1, 0.15) is 23.8 Å². The van der Waals surface area contributed by atoms with E-state index in [1.165, 1.54) is 12.1 Å². The number of rotatable bonds is 7. The Labute approximate surface area is 156 Å². The highest BCUT2D eigenvalue weighted by molar-refractivity contribution is 5.81. The summed E-state index contributed by atoms with van der Waals surface area (Å²) in [5, 5.41) is 4.18. The van der Waals surface area contributed by atoms with Crippen LogP contribution in [0, 0.1) is 6.92 Å². The standard InChI is InChI=1S/C20H23N3O4/c1-4-14-8-20(25)27-17-9-15(5-6-16(14)17)26-11-13(3)21-10-18-22-12(2)7-19(24)23-18/h5-9,13,21H,4,10-11H2,1-3H3,(H,22,23,24). The summed E-state index contributed by atoms with van der Waals surface area (Å²) in [5.74, 6) is 1.22. The van der Waals surface area contributed by atoms with Crippen LogP contribution in [0.25, 0.3) is 11.0 Å². The van der Waals surface area contributed by atoms with Gasteiger partial charge in [-0.15, -0.1) is 0 Å². The van der Waals surface area contributed by atoms with Crippen molar-refractivity contribution < 1.29 is 9.15 Å². The molecule has 0 saturated carbocycles. The fourth-order valence-electron chi connectivity index (χ4n) is 2.87. The van der Waals surface area contributed by atoms with E-state index in [4.69, 9.17) is 9.15 Å². The highest BCUT2D eigenvalue weighted by Crippen LogP contribution is 2.23. The zero-order valence-corrected chi connectivity index (χ0v) is 15.7. The molecule has 0 aliphatic rings. The van der Waals surface area contributed by atoms with Gasteiger partial charge in [-0.25, -0.2) is 9.78 Å². The SMILES string of the molecule is CCc1cc(=O)oc2cc(OCC(C)NCc3nc(C)cc(=O)[nH]3)ccc12. The molecule has 1 aromatic carbocycles. The predicted octanol–water partition coefficient (Wildman–Crippen LogP) is 2.30. The molecule has 0 aliphatic carbocycles. The van der Waals surface area contributed by atoms with E-state index in [1.807, 2.05) is 26.0 Å². The van der Waals surface area contributed by atoms with Crippen molar-refractivity contribution in [2.45, 2.75) is 39.8 Å². The molecule has 7 nitrogen and oxygen atoms in total. The smallest absolute Gasteiger partial charge is 0.336 e. The first-order chi connectivity index (χ1) is 12.9. The van der Waals surface area contributed by atoms with Crippen LogP contribution in [-0.4, -0.2) is 22.6 Å². The van der Waals surface area contributed by atoms with Gasteiger partial charge in [-0.2, -0.15) is 0 Å². The minimum absolute atomic E-state index is 0.0282. The highest BCUT2D eigenvalue weighted by Gasteiger charge is 2.08. The fourth-order valence-corrected chi connectivity index (χ4v) is 2.87. The monoisotopic (exact) mass is 369 g/mol. The Morgan fingerprint density at radius 2 is 2.07 bits per heavy atom. The van der Waals surface area contributed by atoms with E-state index in [0.29, 0.717) is 36.0 Å². The lowest BCUT2D eigenvalue weighted by Gasteiger charge is -2.15. The number of hydrogen-bond acceptors (Lipinski definition) is 6. The number of nitrogens with one attached hydrogen (secondary N) is 2. The normalized spacial score (nSPS) is 12.3. The largest absolute Gasteiger partial charge is 0.492 e. The summed E-state index contributed by atoms with van der Waals surface area (Å²) in [4.78, 5) is 30.1. The van der Waals surface area contributed by atoms with E-state index >= 15 is 0 Å². The lowest BCUT2D eigenvalue weighted by atomic mass is 10.1. The number of aromatic nitrogens is 2. The fraction of sp³-hybridized carbons (Fsp3) is 0.350. The molecule has 0 radical (unpaired) electrons. The first kappa shape index (κ1) is 18.8. The quantitative estimate of drug-likeness (QED) is 0.620. The molecule has 2 heterocycles. The van der Waals surface area contributed by atoms with Gasteiger partial charge in [0.05, 0.1) is 6.54 Å². The molecule has 3 aromatic rings. The van der Waals surface area contributed by atoms with Crippen LogP contribution in [0.15, 0.2) is 44.3 Å². The Morgan fingerprint density at radius 3 is 2.81 bits per heavy atom. The third-order valence-electron chi connectivity index (χ3n) is 4.22. The molecule has 2 aromatic heterocycles. The third kappa shape index (κ3) is 4.83. The van der Waals surface area contributed by atoms with Gasteiger partial charge in [-0.05, 0) is 38.0 Å². The summed E-state index contributed by atoms with van der Waals surface area (Å²) >= 11 is 0. The van der Waals surface area contributed by atoms with Gasteiger partial charge in [-0.3, -0.25) is 4.79 Å². The second-order valence-electron chi connectivity index (χ2n) is 6.53. The minimum Gasteiger partial charge on any atom is -0.492 e. The molecule has 142 valence electrons. The highest BCUT2D eigenvalue weighted by atomic mass is 16.5. The van der Waals surface area contributed by atoms with Crippen LogP contribution in [0.5, 0.6) is 5.75 Å². The number of aryl methyl sites for hydroxylation is 2. The second-order valence-corrected chi connectivity index (χ2v) is 6.53. The average molecular weight is 369 g/mol. The molecule has 0 bridgehead atoms. The number of ether oxygens (including phenoxy) is 1. The molecule has 3 rings (SSSR count). The van der Waals surface area contributed by atoms with Gasteiger partial charge < -0.3 is 19.5 Å². The second kappa shape index (κ2) is 8.18. The Bertz CT molecular complexity index is 1060. The number of benzene rings is 1. The van der Waals surface area contributed by atoms with Crippen molar-refractivity contribution in [3.8, 4) is 5.75 Å². The zero-order chi connectivity index (χ0) is 19.4. The van der Waals surface area contributed by atoms with Crippen molar-refractivity contribution in [3.05, 3.63) is 68.2 Å². The van der Waals surface area contributed by atoms with Crippen molar-refractivity contribution in [1.82, 2.24) is 15.3 Å². The van der Waals surface area contributed by atoms with E-state index in [1.54, 1.807) is 13.0 Å². The molecule has 0 spiro atoms. The summed E-state index contributed by atoms with van der Waals surface area (Å²) < 4.78 is 11.1. The maximum atomic E-state index is 11.7. The van der Waals surface area contributed by atoms with Gasteiger partial charge in [-0.1, -0.05) is 6.92 Å². The van der Waals surface area contributed by atoms with E-state index < -0.39 is 0 Å². The summed E-state index contributed by atoms with van der Waals surface area (Å²) in [7, 11) is 0. The number of hydrogen-bond donors (Lipinski definition) is 2. The summed E-state index contributed by atoms with van der Waals surface area (Å²) in [6, 6.07) is 8.53. The predicted molar refractivity (Wildman–Crippen MR) is 103 cm³/mol. The molecular formula is C20H23N3O4. The van der Waals surface area contributed by atoms with Crippen LogP contribution in [0.2, 0.25) is 0 Å². The molecule has 7 heteroatoms. The third-order valence-corrected chi connectivity index (χ3v) is 4.22. The first-order valence-corrected chi connectivity index (χ1v) is 8.94. The molecule has 0 saturated heterocycles. The Kier molecular flexibility index (Phi) is 5.71. The van der Waals surface area contributed by atoms with Crippen LogP contribution in [-0.2, 0) is 13.0 Å². The van der Waals surface area contributed by atoms with Gasteiger partial charge in [0.25, 0.3) is 5.56 Å². The van der Waals surface area contributed by atoms with Crippen LogP contribution in [0.3, 0.4) is 0 Å². The Hall–Kier alpha value is -2.93. The van der Waals surface area contributed by atoms with Crippen molar-refractivity contribution in [2.75, 3.05) is 6.61 Å². The zero-order valence-electron chi connectivity index (χ0n) is 15.7. The van der Waals surface area contributed by atoms with Crippen LogP contribution in [0.4, 0.5) is 0 Å². The molecule has 0 fully saturated rings. The van der Waals surface area contributed by atoms with Gasteiger partial charge >= 0.3 is 5.63 Å². The van der Waals surface area contributed by atoms with E-state index in [0.717, 1.165) is 17.4 Å². The van der Waals surface area contributed by atoms with Gasteiger partial charge in [0, 0.05) is 35.3 Å². The molecule has 27 heavy (non-hydrogen) atoms. The van der Waals surface area contributed by atoms with E-state index in [2.05, 4.69) is 15.3 Å². The Morgan fingerprint density at radius 1 is 1.26 bits per heavy atom. The van der Waals surface area contributed by atoms with Gasteiger partial charge in [0.2, 0.25) is 0 Å². The molecule has 0 amide bonds. The van der Waals surface area contributed by atoms with Crippen molar-refractivity contribution in [2.24, 2.45) is 0 Å². The molecule has 1 unspecified atom stereocenters. The number of nitrogens with zero attached hydrogens (tertiary/aromatic N) is 1. The van der Waals surface area contributed by atoms with Gasteiger partial charge in [0.15, 0.2) is 0 Å². The summed E-state index contributed by atoms with van der Waals surface area (Å²) in [5.41, 5.74) is 1.66. The van der Waals surface area contributed by atoms with Crippen LogP contribution in [0.1, 0.15) is 30.9 Å². The number of fused-ring (bicyclic) bond motifs is 1. The molecule has 1 atom stereocenters. The molecule has 0 aliphatic heterocycles. The average Bonchev–Trinajstić information content (AvgIpc) is 2.62. The summed E-state index contributed by atoms with van der Waals surface area (Å²) in [6.07, 6.45) is 0.762. The van der Waals surface area contributed by atoms with Crippen molar-refractivity contribution >= 4 is 11.0 Å². The number of aromatic amines is 1. The lowest BCUT2D eigenvalue weighted by Crippen LogP contribution is -2.32. The molecular weight excluding hydrogens is 346 g/mol. The molecule has 2 N–H and O–H groups in total. The minimum atomic E-state index is -0.355. The summed E-state index contributed by atoms with van der Waals surface area (Å²) in [6.45, 7) is 6.62. The van der Waals surface area contributed by atoms with Crippen molar-refractivity contribution in [3.63, 3.8) is 0 Å². The lowest BCUT2D eigenvalue weighted by molar-refractivity contribution is 0.271. The maximum Gasteiger partial charge on any atom is 0.336 e.